The molecule has 0 N–H and O–H groups in total. The molecule has 0 spiro atoms. The van der Waals surface area contributed by atoms with Gasteiger partial charge in [-0.25, -0.2) is 0 Å². The third kappa shape index (κ3) is 8.93. The predicted octanol–water partition coefficient (Wildman–Crippen LogP) is 4.65. The van der Waals surface area contributed by atoms with Crippen molar-refractivity contribution in [1.29, 1.82) is 0 Å². The summed E-state index contributed by atoms with van der Waals surface area (Å²) in [6.45, 7) is 21.3. The molecule has 2 unspecified atom stereocenters. The smallest absolute Gasteiger partial charge is 0.325 e. The monoisotopic (exact) mass is 428 g/mol. The summed E-state index contributed by atoms with van der Waals surface area (Å²) in [5.74, 6) is -0.677. The van der Waals surface area contributed by atoms with Gasteiger partial charge in [-0.05, 0) is 68.2 Å². The van der Waals surface area contributed by atoms with E-state index >= 15 is 0 Å². The van der Waals surface area contributed by atoms with Crippen LogP contribution in [0, 0.1) is 0 Å². The molecule has 0 saturated carbocycles. The lowest BCUT2D eigenvalue weighted by molar-refractivity contribution is -0.169. The first-order valence-electron chi connectivity index (χ1n) is 11.9. The molecule has 0 saturated heterocycles. The lowest BCUT2D eigenvalue weighted by Crippen LogP contribution is -2.65. The number of nitrogens with zero attached hydrogens (tertiary/aromatic N) is 2. The first-order valence-corrected chi connectivity index (χ1v) is 11.9. The van der Waals surface area contributed by atoms with Crippen LogP contribution < -0.4 is 0 Å². The molecule has 0 aliphatic heterocycles. The van der Waals surface area contributed by atoms with Crippen LogP contribution in [0.5, 0.6) is 0 Å². The van der Waals surface area contributed by atoms with Gasteiger partial charge in [0.05, 0.1) is 13.2 Å². The van der Waals surface area contributed by atoms with Crippen LogP contribution >= 0.6 is 0 Å². The normalized spacial score (nSPS) is 14.3. The second-order valence-corrected chi connectivity index (χ2v) is 9.20. The number of ether oxygens (including phenoxy) is 2. The van der Waals surface area contributed by atoms with Gasteiger partial charge in [-0.3, -0.25) is 19.4 Å². The molecule has 0 radical (unpaired) electrons. The Morgan fingerprint density at radius 3 is 1.07 bits per heavy atom. The van der Waals surface area contributed by atoms with Gasteiger partial charge in [0.15, 0.2) is 0 Å². The minimum Gasteiger partial charge on any atom is -0.464 e. The lowest BCUT2D eigenvalue weighted by Gasteiger charge is -2.45. The number of esters is 2. The van der Waals surface area contributed by atoms with Crippen molar-refractivity contribution in [1.82, 2.24) is 9.80 Å². The van der Waals surface area contributed by atoms with Crippen molar-refractivity contribution in [2.24, 2.45) is 0 Å². The minimum atomic E-state index is -0.721. The van der Waals surface area contributed by atoms with Gasteiger partial charge < -0.3 is 9.47 Å². The Balaban J connectivity index is 6.30. The van der Waals surface area contributed by atoms with Crippen LogP contribution in [0.1, 0.15) is 94.9 Å². The van der Waals surface area contributed by atoms with Crippen LogP contribution in [0.25, 0.3) is 0 Å². The molecule has 0 aromatic carbocycles. The summed E-state index contributed by atoms with van der Waals surface area (Å²) in [5.41, 5.74) is 0. The zero-order valence-corrected chi connectivity index (χ0v) is 21.2. The van der Waals surface area contributed by atoms with Crippen molar-refractivity contribution in [3.8, 4) is 0 Å². The highest BCUT2D eigenvalue weighted by Gasteiger charge is 2.46. The third-order valence-corrected chi connectivity index (χ3v) is 5.29. The molecule has 6 heteroatoms. The van der Waals surface area contributed by atoms with Crippen LogP contribution in [-0.2, 0) is 19.1 Å². The van der Waals surface area contributed by atoms with E-state index in [1.807, 2.05) is 0 Å². The van der Waals surface area contributed by atoms with E-state index in [0.717, 1.165) is 25.7 Å². The second-order valence-electron chi connectivity index (χ2n) is 9.20. The van der Waals surface area contributed by atoms with Gasteiger partial charge in [0, 0.05) is 24.2 Å². The Bertz CT molecular complexity index is 432. The van der Waals surface area contributed by atoms with Crippen molar-refractivity contribution in [2.75, 3.05) is 13.2 Å². The maximum atomic E-state index is 13.4. The molecule has 178 valence electrons. The Morgan fingerprint density at radius 2 is 0.867 bits per heavy atom. The third-order valence-electron chi connectivity index (χ3n) is 5.29. The molecule has 0 rings (SSSR count). The average Bonchev–Trinajstić information content (AvgIpc) is 2.63. The zero-order valence-electron chi connectivity index (χ0n) is 21.2. The standard InChI is InChI=1S/C24H48N2O4/c1-11-13-15-29-23(27)21(25(17(3)4)18(5)6)22(24(28)30-16-14-12-2)26(19(7)8)20(9)10/h17-22H,11-16H2,1-10H3. The van der Waals surface area contributed by atoms with Crippen molar-refractivity contribution in [2.45, 2.75) is 131 Å². The van der Waals surface area contributed by atoms with Crippen LogP contribution in [0.15, 0.2) is 0 Å². The molecule has 6 nitrogen and oxygen atoms in total. The SMILES string of the molecule is CCCCOC(=O)C(C(C(=O)OCCCC)N(C(C)C)C(C)C)N(C(C)C)C(C)C. The Kier molecular flexibility index (Phi) is 14.2. The summed E-state index contributed by atoms with van der Waals surface area (Å²) in [5, 5.41) is 0. The second kappa shape index (κ2) is 14.8. The minimum absolute atomic E-state index is 0.0702. The quantitative estimate of drug-likeness (QED) is 0.280. The number of hydrogen-bond acceptors (Lipinski definition) is 6. The molecule has 0 aliphatic carbocycles. The van der Waals surface area contributed by atoms with Crippen LogP contribution in [-0.4, -0.2) is 71.2 Å². The first kappa shape index (κ1) is 28.9. The van der Waals surface area contributed by atoms with Gasteiger partial charge in [-0.2, -0.15) is 0 Å². The summed E-state index contributed by atoms with van der Waals surface area (Å²) >= 11 is 0. The van der Waals surface area contributed by atoms with Gasteiger partial charge in [0.25, 0.3) is 0 Å². The summed E-state index contributed by atoms with van der Waals surface area (Å²) < 4.78 is 11.4. The maximum absolute atomic E-state index is 13.4. The van der Waals surface area contributed by atoms with E-state index in [1.165, 1.54) is 0 Å². The van der Waals surface area contributed by atoms with Crippen molar-refractivity contribution in [3.05, 3.63) is 0 Å². The zero-order chi connectivity index (χ0) is 23.4. The van der Waals surface area contributed by atoms with E-state index < -0.39 is 12.1 Å². The summed E-state index contributed by atoms with van der Waals surface area (Å²) in [6.07, 6.45) is 3.52. The van der Waals surface area contributed by atoms with Crippen molar-refractivity contribution < 1.29 is 19.1 Å². The van der Waals surface area contributed by atoms with Crippen LogP contribution in [0.3, 0.4) is 0 Å². The highest BCUT2D eigenvalue weighted by Crippen LogP contribution is 2.24. The average molecular weight is 429 g/mol. The summed E-state index contributed by atoms with van der Waals surface area (Å²) in [7, 11) is 0. The molecule has 0 aromatic heterocycles. The number of unbranched alkanes of at least 4 members (excludes halogenated alkanes) is 2. The van der Waals surface area contributed by atoms with Gasteiger partial charge in [0.2, 0.25) is 0 Å². The summed E-state index contributed by atoms with van der Waals surface area (Å²) in [4.78, 5) is 31.0. The van der Waals surface area contributed by atoms with Crippen LogP contribution in [0.4, 0.5) is 0 Å². The fraction of sp³-hybridized carbons (Fsp3) is 0.917. The number of hydrogen-bond donors (Lipinski definition) is 0. The Labute approximate surface area is 185 Å². The highest BCUT2D eigenvalue weighted by atomic mass is 16.5. The number of carbonyl (C=O) groups excluding carboxylic acids is 2. The fourth-order valence-corrected chi connectivity index (χ4v) is 4.11. The topological polar surface area (TPSA) is 59.1 Å². The van der Waals surface area contributed by atoms with E-state index in [2.05, 4.69) is 79.0 Å². The molecular formula is C24H48N2O4. The van der Waals surface area contributed by atoms with E-state index in [1.54, 1.807) is 0 Å². The summed E-state index contributed by atoms with van der Waals surface area (Å²) in [6, 6.07) is -1.16. The highest BCUT2D eigenvalue weighted by molar-refractivity contribution is 5.87. The Hall–Kier alpha value is -1.14. The van der Waals surface area contributed by atoms with Crippen molar-refractivity contribution >= 4 is 11.9 Å². The van der Waals surface area contributed by atoms with Crippen molar-refractivity contribution in [3.63, 3.8) is 0 Å². The van der Waals surface area contributed by atoms with Gasteiger partial charge in [0.1, 0.15) is 12.1 Å². The van der Waals surface area contributed by atoms with E-state index in [0.29, 0.717) is 13.2 Å². The number of rotatable bonds is 15. The molecule has 0 aromatic rings. The van der Waals surface area contributed by atoms with E-state index in [-0.39, 0.29) is 36.1 Å². The maximum Gasteiger partial charge on any atom is 0.325 e. The van der Waals surface area contributed by atoms with E-state index in [9.17, 15) is 9.59 Å². The molecule has 0 fully saturated rings. The molecular weight excluding hydrogens is 380 g/mol. The van der Waals surface area contributed by atoms with Gasteiger partial charge >= 0.3 is 11.9 Å². The largest absolute Gasteiger partial charge is 0.464 e. The first-order chi connectivity index (χ1) is 14.0. The molecule has 2 atom stereocenters. The molecule has 30 heavy (non-hydrogen) atoms. The van der Waals surface area contributed by atoms with Crippen LogP contribution in [0.2, 0.25) is 0 Å². The Morgan fingerprint density at radius 1 is 0.600 bits per heavy atom. The predicted molar refractivity (Wildman–Crippen MR) is 124 cm³/mol. The lowest BCUT2D eigenvalue weighted by atomic mass is 9.98. The molecule has 0 bridgehead atoms. The van der Waals surface area contributed by atoms with Gasteiger partial charge in [-0.1, -0.05) is 26.7 Å². The fourth-order valence-electron chi connectivity index (χ4n) is 4.11. The van der Waals surface area contributed by atoms with Gasteiger partial charge in [-0.15, -0.1) is 0 Å². The molecule has 0 aliphatic rings. The number of carbonyl (C=O) groups is 2. The van der Waals surface area contributed by atoms with E-state index in [4.69, 9.17) is 9.47 Å². The molecule has 0 amide bonds. The molecule has 0 heterocycles.